The first-order chi connectivity index (χ1) is 9.84. The minimum absolute atomic E-state index is 0.729. The summed E-state index contributed by atoms with van der Waals surface area (Å²) in [5, 5.41) is 5.15. The Hall–Kier alpha value is -1.87. The summed E-state index contributed by atoms with van der Waals surface area (Å²) in [6, 6.07) is 10.2. The van der Waals surface area contributed by atoms with E-state index in [1.807, 2.05) is 24.4 Å². The van der Waals surface area contributed by atoms with E-state index in [1.54, 1.807) is 4.52 Å². The summed E-state index contributed by atoms with van der Waals surface area (Å²) in [6.07, 6.45) is 6.27. The van der Waals surface area contributed by atoms with Crippen molar-refractivity contribution in [3.8, 4) is 11.1 Å². The van der Waals surface area contributed by atoms with Crippen LogP contribution < -0.4 is 0 Å². The van der Waals surface area contributed by atoms with E-state index in [2.05, 4.69) is 17.2 Å². The molecule has 0 atom stereocenters. The number of benzene rings is 1. The number of halogens is 1. The molecule has 0 N–H and O–H groups in total. The minimum Gasteiger partial charge on any atom is -0.233 e. The van der Waals surface area contributed by atoms with Crippen molar-refractivity contribution in [2.24, 2.45) is 0 Å². The van der Waals surface area contributed by atoms with E-state index in [1.165, 1.54) is 18.4 Å². The van der Waals surface area contributed by atoms with Crippen LogP contribution in [0.25, 0.3) is 16.8 Å². The monoisotopic (exact) mass is 283 g/mol. The summed E-state index contributed by atoms with van der Waals surface area (Å²) in [6.45, 7) is 0. The average Bonchev–Trinajstić information content (AvgIpc) is 2.92. The molecule has 0 saturated heterocycles. The molecule has 20 heavy (non-hydrogen) atoms. The Morgan fingerprint density at radius 1 is 1.05 bits per heavy atom. The maximum atomic E-state index is 6.52. The predicted octanol–water partition coefficient (Wildman–Crippen LogP) is 3.93. The standard InChI is InChI=1S/C16H14ClN3/c17-15-12-8-4-5-9-14(12)19-16-13(10-18-20(15)16)11-6-2-1-3-7-11/h1-3,6-7,10H,4-5,8-9H2. The van der Waals surface area contributed by atoms with Crippen molar-refractivity contribution in [3.63, 3.8) is 0 Å². The van der Waals surface area contributed by atoms with Crippen molar-refractivity contribution in [1.29, 1.82) is 0 Å². The van der Waals surface area contributed by atoms with Gasteiger partial charge in [0.15, 0.2) is 5.65 Å². The van der Waals surface area contributed by atoms with Crippen LogP contribution in [0.3, 0.4) is 0 Å². The van der Waals surface area contributed by atoms with Crippen molar-refractivity contribution < 1.29 is 0 Å². The topological polar surface area (TPSA) is 30.2 Å². The Morgan fingerprint density at radius 2 is 1.85 bits per heavy atom. The van der Waals surface area contributed by atoms with Crippen molar-refractivity contribution in [3.05, 3.63) is 52.9 Å². The van der Waals surface area contributed by atoms with Gasteiger partial charge in [0.25, 0.3) is 0 Å². The molecule has 1 aliphatic carbocycles. The van der Waals surface area contributed by atoms with Crippen LogP contribution >= 0.6 is 11.6 Å². The highest BCUT2D eigenvalue weighted by atomic mass is 35.5. The van der Waals surface area contributed by atoms with Crippen LogP contribution in [0.1, 0.15) is 24.1 Å². The van der Waals surface area contributed by atoms with E-state index in [0.717, 1.165) is 40.5 Å². The van der Waals surface area contributed by atoms with Gasteiger partial charge in [-0.2, -0.15) is 5.10 Å². The molecule has 1 aromatic carbocycles. The van der Waals surface area contributed by atoms with Crippen molar-refractivity contribution in [2.75, 3.05) is 0 Å². The third-order valence-corrected chi connectivity index (χ3v) is 4.33. The largest absolute Gasteiger partial charge is 0.233 e. The molecule has 3 nitrogen and oxygen atoms in total. The summed E-state index contributed by atoms with van der Waals surface area (Å²) in [4.78, 5) is 4.83. The van der Waals surface area contributed by atoms with Gasteiger partial charge in [-0.1, -0.05) is 41.9 Å². The zero-order valence-electron chi connectivity index (χ0n) is 11.0. The highest BCUT2D eigenvalue weighted by molar-refractivity contribution is 6.30. The van der Waals surface area contributed by atoms with Gasteiger partial charge in [0.05, 0.1) is 6.20 Å². The molecule has 0 radical (unpaired) electrons. The molecular formula is C16H14ClN3. The molecular weight excluding hydrogens is 270 g/mol. The summed E-state index contributed by atoms with van der Waals surface area (Å²) < 4.78 is 1.77. The fraction of sp³-hybridized carbons (Fsp3) is 0.250. The van der Waals surface area contributed by atoms with Gasteiger partial charge in [-0.15, -0.1) is 0 Å². The van der Waals surface area contributed by atoms with Crippen LogP contribution in [0.4, 0.5) is 0 Å². The highest BCUT2D eigenvalue weighted by Crippen LogP contribution is 2.31. The average molecular weight is 284 g/mol. The van der Waals surface area contributed by atoms with E-state index in [4.69, 9.17) is 16.6 Å². The molecule has 0 unspecified atom stereocenters. The van der Waals surface area contributed by atoms with Crippen LogP contribution in [0, 0.1) is 0 Å². The van der Waals surface area contributed by atoms with Crippen LogP contribution in [0.15, 0.2) is 36.5 Å². The summed E-state index contributed by atoms with van der Waals surface area (Å²) in [5.41, 5.74) is 5.35. The number of rotatable bonds is 1. The number of hydrogen-bond acceptors (Lipinski definition) is 2. The molecule has 4 heteroatoms. The summed E-state index contributed by atoms with van der Waals surface area (Å²) in [7, 11) is 0. The number of hydrogen-bond donors (Lipinski definition) is 0. The summed E-state index contributed by atoms with van der Waals surface area (Å²) >= 11 is 6.52. The van der Waals surface area contributed by atoms with E-state index in [0.29, 0.717) is 0 Å². The lowest BCUT2D eigenvalue weighted by atomic mass is 9.97. The first kappa shape index (κ1) is 11.9. The van der Waals surface area contributed by atoms with Crippen LogP contribution in [-0.4, -0.2) is 14.6 Å². The second kappa shape index (κ2) is 4.60. The maximum Gasteiger partial charge on any atom is 0.164 e. The van der Waals surface area contributed by atoms with Gasteiger partial charge in [0, 0.05) is 16.8 Å². The maximum absolute atomic E-state index is 6.52. The Kier molecular flexibility index (Phi) is 2.74. The van der Waals surface area contributed by atoms with Gasteiger partial charge in [-0.25, -0.2) is 9.50 Å². The molecule has 0 saturated carbocycles. The quantitative estimate of drug-likeness (QED) is 0.634. The smallest absolute Gasteiger partial charge is 0.164 e. The first-order valence-corrected chi connectivity index (χ1v) is 7.33. The molecule has 2 aromatic heterocycles. The number of aromatic nitrogens is 3. The molecule has 0 spiro atoms. The van der Waals surface area contributed by atoms with Gasteiger partial charge < -0.3 is 0 Å². The fourth-order valence-corrected chi connectivity index (χ4v) is 3.23. The van der Waals surface area contributed by atoms with E-state index < -0.39 is 0 Å². The normalized spacial score (nSPS) is 14.4. The molecule has 4 rings (SSSR count). The fourth-order valence-electron chi connectivity index (χ4n) is 2.91. The zero-order valence-corrected chi connectivity index (χ0v) is 11.8. The van der Waals surface area contributed by atoms with E-state index >= 15 is 0 Å². The second-order valence-corrected chi connectivity index (χ2v) is 5.55. The Balaban J connectivity index is 1.99. The number of fused-ring (bicyclic) bond motifs is 2. The second-order valence-electron chi connectivity index (χ2n) is 5.19. The third kappa shape index (κ3) is 1.74. The molecule has 0 aliphatic heterocycles. The summed E-state index contributed by atoms with van der Waals surface area (Å²) in [5.74, 6) is 0. The first-order valence-electron chi connectivity index (χ1n) is 6.95. The van der Waals surface area contributed by atoms with Crippen LogP contribution in [-0.2, 0) is 12.8 Å². The Labute approximate surface area is 122 Å². The van der Waals surface area contributed by atoms with Gasteiger partial charge in [0.2, 0.25) is 0 Å². The van der Waals surface area contributed by atoms with Crippen molar-refractivity contribution in [2.45, 2.75) is 25.7 Å². The van der Waals surface area contributed by atoms with Gasteiger partial charge in [-0.05, 0) is 31.2 Å². The van der Waals surface area contributed by atoms with Gasteiger partial charge in [0.1, 0.15) is 5.15 Å². The lowest BCUT2D eigenvalue weighted by Crippen LogP contribution is -2.10. The van der Waals surface area contributed by atoms with Crippen molar-refractivity contribution in [1.82, 2.24) is 14.6 Å². The molecule has 100 valence electrons. The van der Waals surface area contributed by atoms with Crippen LogP contribution in [0.5, 0.6) is 0 Å². The lowest BCUT2D eigenvalue weighted by Gasteiger charge is -2.16. The van der Waals surface area contributed by atoms with E-state index in [-0.39, 0.29) is 0 Å². The molecule has 1 aliphatic rings. The van der Waals surface area contributed by atoms with Gasteiger partial charge >= 0.3 is 0 Å². The molecule has 0 amide bonds. The van der Waals surface area contributed by atoms with Gasteiger partial charge in [-0.3, -0.25) is 0 Å². The molecule has 2 heterocycles. The Bertz CT molecular complexity index is 777. The molecule has 3 aromatic rings. The van der Waals surface area contributed by atoms with E-state index in [9.17, 15) is 0 Å². The van der Waals surface area contributed by atoms with Crippen molar-refractivity contribution >= 4 is 17.2 Å². The SMILES string of the molecule is Clc1c2c(nc3c(-c4ccccc4)cnn13)CCCC2. The minimum atomic E-state index is 0.729. The number of aryl methyl sites for hydroxylation is 1. The lowest BCUT2D eigenvalue weighted by molar-refractivity contribution is 0.660. The number of nitrogens with zero attached hydrogens (tertiary/aromatic N) is 3. The highest BCUT2D eigenvalue weighted by Gasteiger charge is 2.19. The third-order valence-electron chi connectivity index (χ3n) is 3.94. The molecule has 0 bridgehead atoms. The Morgan fingerprint density at radius 3 is 2.70 bits per heavy atom. The van der Waals surface area contributed by atoms with Crippen LogP contribution in [0.2, 0.25) is 5.15 Å². The molecule has 0 fully saturated rings. The predicted molar refractivity (Wildman–Crippen MR) is 80.1 cm³/mol. The zero-order chi connectivity index (χ0) is 13.5.